The third kappa shape index (κ3) is 3.30. The van der Waals surface area contributed by atoms with Gasteiger partial charge < -0.3 is 10.2 Å². The van der Waals surface area contributed by atoms with Crippen molar-refractivity contribution >= 4 is 23.2 Å². The van der Waals surface area contributed by atoms with Crippen LogP contribution in [0.15, 0.2) is 6.07 Å². The van der Waals surface area contributed by atoms with Gasteiger partial charge in [-0.3, -0.25) is 9.59 Å². The minimum atomic E-state index is 0.0932. The molecule has 1 saturated heterocycles. The van der Waals surface area contributed by atoms with Crippen molar-refractivity contribution in [3.05, 3.63) is 21.4 Å². The van der Waals surface area contributed by atoms with Crippen molar-refractivity contribution in [1.29, 1.82) is 0 Å². The summed E-state index contributed by atoms with van der Waals surface area (Å²) in [5.74, 6) is 0.506. The number of likely N-dealkylation sites (tertiary alicyclic amines) is 1. The van der Waals surface area contributed by atoms with E-state index in [0.717, 1.165) is 62.9 Å². The first kappa shape index (κ1) is 15.2. The van der Waals surface area contributed by atoms with E-state index in [1.54, 1.807) is 11.3 Å². The average molecular weight is 332 g/mol. The summed E-state index contributed by atoms with van der Waals surface area (Å²) in [5, 5.41) is 3.12. The summed E-state index contributed by atoms with van der Waals surface area (Å²) in [6, 6.07) is 2.50. The quantitative estimate of drug-likeness (QED) is 0.925. The number of fused-ring (bicyclic) bond motifs is 1. The maximum Gasteiger partial charge on any atom is 0.263 e. The van der Waals surface area contributed by atoms with Gasteiger partial charge in [-0.15, -0.1) is 11.3 Å². The zero-order valence-electron chi connectivity index (χ0n) is 13.5. The first-order chi connectivity index (χ1) is 11.2. The van der Waals surface area contributed by atoms with Crippen molar-refractivity contribution in [2.45, 2.75) is 57.4 Å². The number of thiophene rings is 1. The summed E-state index contributed by atoms with van der Waals surface area (Å²) in [6.45, 7) is 1.79. The second-order valence-corrected chi connectivity index (χ2v) is 8.27. The maximum absolute atomic E-state index is 12.6. The van der Waals surface area contributed by atoms with Crippen LogP contribution in [0.4, 0.5) is 0 Å². The summed E-state index contributed by atoms with van der Waals surface area (Å²) in [6.07, 6.45) is 8.42. The van der Waals surface area contributed by atoms with Gasteiger partial charge in [0.25, 0.3) is 5.91 Å². The molecule has 2 heterocycles. The van der Waals surface area contributed by atoms with Crippen LogP contribution in [0.5, 0.6) is 0 Å². The van der Waals surface area contributed by atoms with Gasteiger partial charge in [-0.25, -0.2) is 0 Å². The van der Waals surface area contributed by atoms with Crippen LogP contribution in [-0.2, 0) is 17.6 Å². The molecule has 23 heavy (non-hydrogen) atoms. The summed E-state index contributed by atoms with van der Waals surface area (Å²) in [5.41, 5.74) is 1.23. The topological polar surface area (TPSA) is 49.4 Å². The molecule has 3 aliphatic rings. The highest BCUT2D eigenvalue weighted by Gasteiger charge is 2.31. The zero-order chi connectivity index (χ0) is 15.8. The summed E-state index contributed by atoms with van der Waals surface area (Å²) < 4.78 is 0. The number of hydrogen-bond acceptors (Lipinski definition) is 3. The number of aryl methyl sites for hydroxylation is 1. The molecule has 5 heteroatoms. The van der Waals surface area contributed by atoms with Gasteiger partial charge in [-0.1, -0.05) is 0 Å². The molecule has 2 fully saturated rings. The number of nitrogens with one attached hydrogen (secondary N) is 1. The van der Waals surface area contributed by atoms with E-state index >= 15 is 0 Å². The van der Waals surface area contributed by atoms with Gasteiger partial charge in [-0.05, 0) is 63.0 Å². The molecular weight excluding hydrogens is 308 g/mol. The molecule has 124 valence electrons. The highest BCUT2D eigenvalue weighted by molar-refractivity contribution is 7.14. The second-order valence-electron chi connectivity index (χ2n) is 7.13. The Morgan fingerprint density at radius 2 is 1.91 bits per heavy atom. The third-order valence-electron chi connectivity index (χ3n) is 5.23. The molecule has 1 aliphatic heterocycles. The summed E-state index contributed by atoms with van der Waals surface area (Å²) in [4.78, 5) is 29.1. The fourth-order valence-corrected chi connectivity index (χ4v) is 4.83. The molecule has 2 aliphatic carbocycles. The fourth-order valence-electron chi connectivity index (χ4n) is 3.65. The highest BCUT2D eigenvalue weighted by atomic mass is 32.1. The number of hydrogen-bond donors (Lipinski definition) is 1. The number of rotatable bonds is 3. The van der Waals surface area contributed by atoms with Crippen LogP contribution < -0.4 is 5.32 Å². The van der Waals surface area contributed by atoms with E-state index < -0.39 is 0 Å². The zero-order valence-corrected chi connectivity index (χ0v) is 14.3. The first-order valence-electron chi connectivity index (χ1n) is 8.92. The Balaban J connectivity index is 1.44. The van der Waals surface area contributed by atoms with E-state index in [-0.39, 0.29) is 17.7 Å². The lowest BCUT2D eigenvalue weighted by Crippen LogP contribution is -2.35. The minimum Gasteiger partial charge on any atom is -0.353 e. The Morgan fingerprint density at radius 1 is 1.13 bits per heavy atom. The van der Waals surface area contributed by atoms with Gasteiger partial charge in [0.2, 0.25) is 5.91 Å². The molecule has 1 atom stereocenters. The molecule has 4 rings (SSSR count). The third-order valence-corrected chi connectivity index (χ3v) is 6.46. The van der Waals surface area contributed by atoms with Crippen molar-refractivity contribution in [3.8, 4) is 0 Å². The Morgan fingerprint density at radius 3 is 2.65 bits per heavy atom. The van der Waals surface area contributed by atoms with Crippen LogP contribution in [0.1, 0.15) is 58.6 Å². The average Bonchev–Trinajstić information content (AvgIpc) is 3.29. The Bertz CT molecular complexity index is 615. The van der Waals surface area contributed by atoms with E-state index in [0.29, 0.717) is 6.04 Å². The van der Waals surface area contributed by atoms with E-state index in [1.165, 1.54) is 16.9 Å². The van der Waals surface area contributed by atoms with Crippen molar-refractivity contribution in [2.24, 2.45) is 5.92 Å². The second kappa shape index (κ2) is 6.27. The van der Waals surface area contributed by atoms with Crippen molar-refractivity contribution in [3.63, 3.8) is 0 Å². The minimum absolute atomic E-state index is 0.0932. The summed E-state index contributed by atoms with van der Waals surface area (Å²) in [7, 11) is 0. The molecule has 1 unspecified atom stereocenters. The number of carbonyl (C=O) groups is 2. The van der Waals surface area contributed by atoms with E-state index in [1.807, 2.05) is 4.90 Å². The lowest BCUT2D eigenvalue weighted by molar-refractivity contribution is -0.125. The standard InChI is InChI=1S/C18H24N2O2S/c21-17(19-14-5-6-14)12-4-7-15-13(10-12)11-16(23-15)18(22)20-8-2-1-3-9-20/h11-12,14H,1-10H2,(H,19,21). The maximum atomic E-state index is 12.6. The van der Waals surface area contributed by atoms with Gasteiger partial charge in [0.15, 0.2) is 0 Å². The predicted molar refractivity (Wildman–Crippen MR) is 90.8 cm³/mol. The molecule has 4 nitrogen and oxygen atoms in total. The van der Waals surface area contributed by atoms with Crippen LogP contribution in [0, 0.1) is 5.92 Å². The predicted octanol–water partition coefficient (Wildman–Crippen LogP) is 2.76. The van der Waals surface area contributed by atoms with Gasteiger partial charge in [0, 0.05) is 29.9 Å². The molecular formula is C18H24N2O2S. The molecule has 0 bridgehead atoms. The van der Waals surface area contributed by atoms with Gasteiger partial charge in [-0.2, -0.15) is 0 Å². The molecule has 0 radical (unpaired) electrons. The monoisotopic (exact) mass is 332 g/mol. The Labute approximate surface area is 141 Å². The SMILES string of the molecule is O=C(NC1CC1)C1CCc2sc(C(=O)N3CCCCC3)cc2C1. The molecule has 1 aromatic rings. The molecule has 2 amide bonds. The van der Waals surface area contributed by atoms with Gasteiger partial charge in [0.1, 0.15) is 0 Å². The van der Waals surface area contributed by atoms with Crippen molar-refractivity contribution < 1.29 is 9.59 Å². The van der Waals surface area contributed by atoms with Crippen LogP contribution in [0.3, 0.4) is 0 Å². The lowest BCUT2D eigenvalue weighted by Gasteiger charge is -2.26. The number of piperidine rings is 1. The number of amides is 2. The van der Waals surface area contributed by atoms with Crippen LogP contribution in [0.2, 0.25) is 0 Å². The fraction of sp³-hybridized carbons (Fsp3) is 0.667. The number of nitrogens with zero attached hydrogens (tertiary/aromatic N) is 1. The molecule has 0 spiro atoms. The summed E-state index contributed by atoms with van der Waals surface area (Å²) >= 11 is 1.65. The normalized spacial score (nSPS) is 24.2. The smallest absolute Gasteiger partial charge is 0.263 e. The van der Waals surface area contributed by atoms with Crippen molar-refractivity contribution in [1.82, 2.24) is 10.2 Å². The first-order valence-corrected chi connectivity index (χ1v) is 9.73. The molecule has 1 N–H and O–H groups in total. The Kier molecular flexibility index (Phi) is 4.14. The van der Waals surface area contributed by atoms with E-state index in [9.17, 15) is 9.59 Å². The Hall–Kier alpha value is -1.36. The van der Waals surface area contributed by atoms with E-state index in [4.69, 9.17) is 0 Å². The molecule has 1 aromatic heterocycles. The van der Waals surface area contributed by atoms with Gasteiger partial charge in [0.05, 0.1) is 4.88 Å². The van der Waals surface area contributed by atoms with Gasteiger partial charge >= 0.3 is 0 Å². The number of carbonyl (C=O) groups excluding carboxylic acids is 2. The molecule has 1 saturated carbocycles. The van der Waals surface area contributed by atoms with Crippen molar-refractivity contribution in [2.75, 3.05) is 13.1 Å². The molecule has 0 aromatic carbocycles. The van der Waals surface area contributed by atoms with Crippen LogP contribution in [-0.4, -0.2) is 35.8 Å². The lowest BCUT2D eigenvalue weighted by atomic mass is 9.87. The van der Waals surface area contributed by atoms with E-state index in [2.05, 4.69) is 11.4 Å². The largest absolute Gasteiger partial charge is 0.353 e. The van der Waals surface area contributed by atoms with Crippen LogP contribution >= 0.6 is 11.3 Å². The highest BCUT2D eigenvalue weighted by Crippen LogP contribution is 2.34. The van der Waals surface area contributed by atoms with Crippen LogP contribution in [0.25, 0.3) is 0 Å².